The number of aliphatic hydroxyl groups excluding tert-OH is 1. The Morgan fingerprint density at radius 2 is 1.94 bits per heavy atom. The van der Waals surface area contributed by atoms with Crippen LogP contribution in [0.1, 0.15) is 27.2 Å². The van der Waals surface area contributed by atoms with E-state index in [4.69, 9.17) is 4.74 Å². The molecule has 5 nitrogen and oxygen atoms in total. The Kier molecular flexibility index (Phi) is 7.23. The Hall–Kier alpha value is -0.170. The molecule has 1 atom stereocenters. The van der Waals surface area contributed by atoms with Gasteiger partial charge in [-0.2, -0.15) is 0 Å². The van der Waals surface area contributed by atoms with E-state index in [2.05, 4.69) is 5.32 Å². The van der Waals surface area contributed by atoms with E-state index < -0.39 is 15.9 Å². The van der Waals surface area contributed by atoms with Gasteiger partial charge in [0.05, 0.1) is 24.1 Å². The summed E-state index contributed by atoms with van der Waals surface area (Å²) in [6.45, 7) is 7.07. The van der Waals surface area contributed by atoms with Crippen LogP contribution in [-0.2, 0) is 14.6 Å². The predicted octanol–water partition coefficient (Wildman–Crippen LogP) is 0.187. The van der Waals surface area contributed by atoms with Gasteiger partial charge in [0.15, 0.2) is 0 Å². The van der Waals surface area contributed by atoms with Gasteiger partial charge in [0, 0.05) is 12.8 Å². The summed E-state index contributed by atoms with van der Waals surface area (Å²) in [5, 5.41) is 12.6. The number of ether oxygens (including phenoxy) is 1. The normalized spacial score (nSPS) is 14.9. The molecule has 0 aliphatic heterocycles. The van der Waals surface area contributed by atoms with Crippen LogP contribution in [0.2, 0.25) is 0 Å². The van der Waals surface area contributed by atoms with Crippen molar-refractivity contribution in [1.82, 2.24) is 5.32 Å². The molecule has 0 aromatic carbocycles. The number of hydrogen-bond donors (Lipinski definition) is 2. The molecule has 0 saturated carbocycles. The maximum atomic E-state index is 10.8. The number of nitrogens with one attached hydrogen (secondary N) is 1. The minimum atomic E-state index is -2.88. The minimum absolute atomic E-state index is 0.175. The molecule has 0 spiro atoms. The number of rotatable bonds is 8. The Morgan fingerprint density at radius 1 is 1.35 bits per heavy atom. The molecule has 0 saturated heterocycles. The van der Waals surface area contributed by atoms with Crippen molar-refractivity contribution in [2.75, 3.05) is 31.7 Å². The van der Waals surface area contributed by atoms with Gasteiger partial charge in [0.25, 0.3) is 0 Å². The van der Waals surface area contributed by atoms with Crippen LogP contribution in [0.25, 0.3) is 0 Å². The van der Waals surface area contributed by atoms with E-state index in [0.29, 0.717) is 19.5 Å². The van der Waals surface area contributed by atoms with Crippen LogP contribution in [0.3, 0.4) is 0 Å². The van der Waals surface area contributed by atoms with Gasteiger partial charge in [-0.15, -0.1) is 0 Å². The Bertz CT molecular complexity index is 295. The van der Waals surface area contributed by atoms with Gasteiger partial charge in [-0.1, -0.05) is 0 Å². The zero-order valence-electron chi connectivity index (χ0n) is 11.2. The molecule has 0 aliphatic rings. The Labute approximate surface area is 104 Å². The second kappa shape index (κ2) is 7.31. The summed E-state index contributed by atoms with van der Waals surface area (Å²) in [7, 11) is -2.88. The van der Waals surface area contributed by atoms with Crippen molar-refractivity contribution in [3.63, 3.8) is 0 Å². The second-order valence-corrected chi connectivity index (χ2v) is 7.52. The smallest absolute Gasteiger partial charge is 0.147 e. The Balaban J connectivity index is 3.49. The summed E-state index contributed by atoms with van der Waals surface area (Å²) in [6, 6.07) is 0. The highest BCUT2D eigenvalue weighted by Gasteiger charge is 2.13. The van der Waals surface area contributed by atoms with Gasteiger partial charge in [-0.3, -0.25) is 0 Å². The minimum Gasteiger partial charge on any atom is -0.389 e. The van der Waals surface area contributed by atoms with Crippen LogP contribution in [0.4, 0.5) is 0 Å². The SMILES string of the molecule is CC(C)(C)OCC(O)CNCCCS(C)(=O)=O. The first-order valence-electron chi connectivity index (χ1n) is 5.80. The highest BCUT2D eigenvalue weighted by molar-refractivity contribution is 7.90. The van der Waals surface area contributed by atoms with Crippen LogP contribution in [0.15, 0.2) is 0 Å². The van der Waals surface area contributed by atoms with Gasteiger partial charge < -0.3 is 15.2 Å². The molecule has 0 rings (SSSR count). The monoisotopic (exact) mass is 267 g/mol. The van der Waals surface area contributed by atoms with Crippen molar-refractivity contribution in [3.8, 4) is 0 Å². The second-order valence-electron chi connectivity index (χ2n) is 5.26. The maximum Gasteiger partial charge on any atom is 0.147 e. The van der Waals surface area contributed by atoms with Crippen LogP contribution in [-0.4, -0.2) is 56.9 Å². The quantitative estimate of drug-likeness (QED) is 0.614. The van der Waals surface area contributed by atoms with E-state index in [9.17, 15) is 13.5 Å². The van der Waals surface area contributed by atoms with Crippen molar-refractivity contribution in [2.45, 2.75) is 38.9 Å². The van der Waals surface area contributed by atoms with Gasteiger partial charge in [0.1, 0.15) is 9.84 Å². The number of hydrogen-bond acceptors (Lipinski definition) is 5. The van der Waals surface area contributed by atoms with E-state index >= 15 is 0 Å². The van der Waals surface area contributed by atoms with Crippen LogP contribution in [0.5, 0.6) is 0 Å². The first kappa shape index (κ1) is 16.8. The number of aliphatic hydroxyl groups is 1. The summed E-state index contributed by atoms with van der Waals surface area (Å²) in [5.41, 5.74) is -0.253. The highest BCUT2D eigenvalue weighted by atomic mass is 32.2. The third kappa shape index (κ3) is 13.8. The van der Waals surface area contributed by atoms with Gasteiger partial charge in [-0.25, -0.2) is 8.42 Å². The fourth-order valence-electron chi connectivity index (χ4n) is 1.13. The molecule has 104 valence electrons. The van der Waals surface area contributed by atoms with E-state index in [0.717, 1.165) is 0 Å². The summed E-state index contributed by atoms with van der Waals surface area (Å²) in [4.78, 5) is 0. The van der Waals surface area contributed by atoms with Crippen molar-refractivity contribution in [3.05, 3.63) is 0 Å². The van der Waals surface area contributed by atoms with Gasteiger partial charge in [0.2, 0.25) is 0 Å². The van der Waals surface area contributed by atoms with E-state index in [-0.39, 0.29) is 18.0 Å². The summed E-state index contributed by atoms with van der Waals surface area (Å²) >= 11 is 0. The van der Waals surface area contributed by atoms with Crippen molar-refractivity contribution < 1.29 is 18.3 Å². The Morgan fingerprint density at radius 3 is 2.41 bits per heavy atom. The first-order chi connectivity index (χ1) is 7.60. The fourth-order valence-corrected chi connectivity index (χ4v) is 1.80. The van der Waals surface area contributed by atoms with E-state index in [1.165, 1.54) is 6.26 Å². The third-order valence-corrected chi connectivity index (χ3v) is 2.99. The van der Waals surface area contributed by atoms with E-state index in [1.54, 1.807) is 0 Å². The lowest BCUT2D eigenvalue weighted by molar-refractivity contribution is -0.0478. The lowest BCUT2D eigenvalue weighted by Crippen LogP contribution is -2.34. The lowest BCUT2D eigenvalue weighted by Gasteiger charge is -2.22. The molecule has 2 N–H and O–H groups in total. The molecule has 0 aromatic rings. The molecular formula is C11H25NO4S. The predicted molar refractivity (Wildman–Crippen MR) is 68.9 cm³/mol. The van der Waals surface area contributed by atoms with Gasteiger partial charge in [-0.05, 0) is 33.7 Å². The molecule has 17 heavy (non-hydrogen) atoms. The van der Waals surface area contributed by atoms with Crippen molar-refractivity contribution in [2.24, 2.45) is 0 Å². The average molecular weight is 267 g/mol. The molecule has 0 aromatic heterocycles. The van der Waals surface area contributed by atoms with Crippen LogP contribution >= 0.6 is 0 Å². The van der Waals surface area contributed by atoms with Crippen molar-refractivity contribution in [1.29, 1.82) is 0 Å². The molecule has 0 fully saturated rings. The van der Waals surface area contributed by atoms with Crippen molar-refractivity contribution >= 4 is 9.84 Å². The highest BCUT2D eigenvalue weighted by Crippen LogP contribution is 2.06. The molecular weight excluding hydrogens is 242 g/mol. The molecule has 0 bridgehead atoms. The summed E-state index contributed by atoms with van der Waals surface area (Å²) in [5.74, 6) is 0.175. The molecule has 0 heterocycles. The van der Waals surface area contributed by atoms with Crippen LogP contribution in [0, 0.1) is 0 Å². The zero-order valence-corrected chi connectivity index (χ0v) is 12.0. The van der Waals surface area contributed by atoms with E-state index in [1.807, 2.05) is 20.8 Å². The summed E-state index contributed by atoms with van der Waals surface area (Å²) < 4.78 is 27.1. The number of sulfone groups is 1. The van der Waals surface area contributed by atoms with Crippen LogP contribution < -0.4 is 5.32 Å². The largest absolute Gasteiger partial charge is 0.389 e. The fraction of sp³-hybridized carbons (Fsp3) is 1.00. The molecule has 0 radical (unpaired) electrons. The molecule has 6 heteroatoms. The lowest BCUT2D eigenvalue weighted by atomic mass is 10.2. The topological polar surface area (TPSA) is 75.6 Å². The zero-order chi connectivity index (χ0) is 13.5. The molecule has 1 unspecified atom stereocenters. The first-order valence-corrected chi connectivity index (χ1v) is 7.87. The summed E-state index contributed by atoms with van der Waals surface area (Å²) in [6.07, 6.45) is 1.22. The standard InChI is InChI=1S/C11H25NO4S/c1-11(2,3)16-9-10(13)8-12-6-5-7-17(4,14)15/h10,12-13H,5-9H2,1-4H3. The third-order valence-electron chi connectivity index (χ3n) is 1.96. The molecule has 0 amide bonds. The molecule has 0 aliphatic carbocycles. The van der Waals surface area contributed by atoms with Gasteiger partial charge >= 0.3 is 0 Å². The average Bonchev–Trinajstić information content (AvgIpc) is 2.11. The maximum absolute atomic E-state index is 10.8.